The molecule has 0 fully saturated rings. The fourth-order valence-electron chi connectivity index (χ4n) is 2.48. The van der Waals surface area contributed by atoms with Gasteiger partial charge in [-0.25, -0.2) is 4.39 Å². The second-order valence-electron chi connectivity index (χ2n) is 5.91. The van der Waals surface area contributed by atoms with Crippen LogP contribution in [-0.4, -0.2) is 13.7 Å². The van der Waals surface area contributed by atoms with Crippen LogP contribution in [0.25, 0.3) is 0 Å². The highest BCUT2D eigenvalue weighted by atomic mass is 35.5. The quantitative estimate of drug-likeness (QED) is 0.512. The molecule has 3 nitrogen and oxygen atoms in total. The number of hydrogen-bond donors (Lipinski definition) is 1. The summed E-state index contributed by atoms with van der Waals surface area (Å²) in [5.41, 5.74) is 1.91. The zero-order chi connectivity index (χ0) is 18.1. The Morgan fingerprint density at radius 1 is 1.08 bits per heavy atom. The minimum atomic E-state index is -0.268. The maximum absolute atomic E-state index is 13.0. The summed E-state index contributed by atoms with van der Waals surface area (Å²) in [6.45, 7) is 4.20. The van der Waals surface area contributed by atoms with Crippen LogP contribution in [0.4, 0.5) is 4.39 Å². The van der Waals surface area contributed by atoms with Crippen molar-refractivity contribution in [3.05, 3.63) is 58.4 Å². The van der Waals surface area contributed by atoms with Crippen molar-refractivity contribution < 1.29 is 13.9 Å². The Morgan fingerprint density at radius 2 is 1.81 bits per heavy atom. The maximum atomic E-state index is 13.0. The molecule has 0 radical (unpaired) electrons. The lowest BCUT2D eigenvalue weighted by Gasteiger charge is -2.15. The Morgan fingerprint density at radius 3 is 2.46 bits per heavy atom. The zero-order valence-corrected chi connectivity index (χ0v) is 16.8. The SMILES string of the molecule is CCCCCNCc1cc(Cl)c(OCc2ccc(F)cc2)c(OC)c1.Cl. The van der Waals surface area contributed by atoms with Crippen LogP contribution in [0, 0.1) is 5.82 Å². The van der Waals surface area contributed by atoms with E-state index in [-0.39, 0.29) is 18.2 Å². The van der Waals surface area contributed by atoms with Gasteiger partial charge in [0.05, 0.1) is 12.1 Å². The van der Waals surface area contributed by atoms with Gasteiger partial charge in [-0.1, -0.05) is 43.5 Å². The lowest BCUT2D eigenvalue weighted by molar-refractivity contribution is 0.284. The molecular formula is C20H26Cl2FNO2. The number of halogens is 3. The summed E-state index contributed by atoms with van der Waals surface area (Å²) in [5, 5.41) is 3.91. The van der Waals surface area contributed by atoms with E-state index in [2.05, 4.69) is 12.2 Å². The van der Waals surface area contributed by atoms with Crippen LogP contribution >= 0.6 is 24.0 Å². The summed E-state index contributed by atoms with van der Waals surface area (Å²) in [7, 11) is 1.59. The Hall–Kier alpha value is -1.49. The van der Waals surface area contributed by atoms with Crippen molar-refractivity contribution in [2.45, 2.75) is 39.3 Å². The van der Waals surface area contributed by atoms with Gasteiger partial charge in [-0.15, -0.1) is 12.4 Å². The van der Waals surface area contributed by atoms with Gasteiger partial charge < -0.3 is 14.8 Å². The van der Waals surface area contributed by atoms with Gasteiger partial charge in [0.1, 0.15) is 12.4 Å². The number of nitrogens with one attached hydrogen (secondary N) is 1. The molecule has 0 unspecified atom stereocenters. The average Bonchev–Trinajstić information content (AvgIpc) is 2.61. The normalized spacial score (nSPS) is 10.3. The van der Waals surface area contributed by atoms with E-state index in [1.807, 2.05) is 12.1 Å². The highest BCUT2D eigenvalue weighted by molar-refractivity contribution is 6.32. The van der Waals surface area contributed by atoms with Crippen molar-refractivity contribution in [3.63, 3.8) is 0 Å². The zero-order valence-electron chi connectivity index (χ0n) is 15.2. The average molecular weight is 402 g/mol. The highest BCUT2D eigenvalue weighted by Crippen LogP contribution is 2.37. The summed E-state index contributed by atoms with van der Waals surface area (Å²) in [4.78, 5) is 0. The first-order chi connectivity index (χ1) is 12.1. The molecule has 0 bridgehead atoms. The van der Waals surface area contributed by atoms with Crippen LogP contribution in [0.2, 0.25) is 5.02 Å². The summed E-state index contributed by atoms with van der Waals surface area (Å²) in [6, 6.07) is 10.00. The summed E-state index contributed by atoms with van der Waals surface area (Å²) >= 11 is 6.37. The van der Waals surface area contributed by atoms with Crippen molar-refractivity contribution in [3.8, 4) is 11.5 Å². The molecule has 2 aromatic carbocycles. The van der Waals surface area contributed by atoms with Gasteiger partial charge in [0.15, 0.2) is 11.5 Å². The van der Waals surface area contributed by atoms with Gasteiger partial charge in [0, 0.05) is 6.54 Å². The first-order valence-corrected chi connectivity index (χ1v) is 8.96. The Bertz CT molecular complexity index is 666. The monoisotopic (exact) mass is 401 g/mol. The van der Waals surface area contributed by atoms with E-state index in [0.29, 0.717) is 23.1 Å². The highest BCUT2D eigenvalue weighted by Gasteiger charge is 2.12. The number of hydrogen-bond acceptors (Lipinski definition) is 3. The van der Waals surface area contributed by atoms with E-state index in [4.69, 9.17) is 21.1 Å². The number of methoxy groups -OCH3 is 1. The van der Waals surface area contributed by atoms with Gasteiger partial charge >= 0.3 is 0 Å². The Kier molecular flexibility index (Phi) is 10.4. The van der Waals surface area contributed by atoms with E-state index in [1.165, 1.54) is 31.4 Å². The molecule has 0 saturated heterocycles. The van der Waals surface area contributed by atoms with Gasteiger partial charge in [-0.05, 0) is 48.4 Å². The fraction of sp³-hybridized carbons (Fsp3) is 0.400. The maximum Gasteiger partial charge on any atom is 0.180 e. The van der Waals surface area contributed by atoms with Crippen molar-refractivity contribution in [1.82, 2.24) is 5.32 Å². The molecule has 2 aromatic rings. The van der Waals surface area contributed by atoms with Gasteiger partial charge in [-0.3, -0.25) is 0 Å². The van der Waals surface area contributed by atoms with Crippen LogP contribution in [0.15, 0.2) is 36.4 Å². The van der Waals surface area contributed by atoms with Crippen LogP contribution < -0.4 is 14.8 Å². The van der Waals surface area contributed by atoms with Crippen LogP contribution in [0.5, 0.6) is 11.5 Å². The molecule has 0 saturated carbocycles. The third-order valence-electron chi connectivity index (χ3n) is 3.87. The third kappa shape index (κ3) is 7.02. The second kappa shape index (κ2) is 12.0. The van der Waals surface area contributed by atoms with E-state index >= 15 is 0 Å². The molecule has 6 heteroatoms. The molecule has 0 aliphatic heterocycles. The van der Waals surface area contributed by atoms with Crippen molar-refractivity contribution in [1.29, 1.82) is 0 Å². The topological polar surface area (TPSA) is 30.5 Å². The minimum absolute atomic E-state index is 0. The standard InChI is InChI=1S/C20H25ClFNO2.ClH/c1-3-4-5-10-23-13-16-11-18(21)20(19(12-16)24-2)25-14-15-6-8-17(22)9-7-15;/h6-9,11-12,23H,3-5,10,13-14H2,1-2H3;1H. The van der Waals surface area contributed by atoms with E-state index in [1.54, 1.807) is 19.2 Å². The summed E-state index contributed by atoms with van der Waals surface area (Å²) in [6.07, 6.45) is 3.61. The molecule has 0 aliphatic rings. The number of ether oxygens (including phenoxy) is 2. The molecule has 144 valence electrons. The molecule has 0 spiro atoms. The van der Waals surface area contributed by atoms with Gasteiger partial charge in [0.2, 0.25) is 0 Å². The van der Waals surface area contributed by atoms with Crippen LogP contribution in [0.3, 0.4) is 0 Å². The van der Waals surface area contributed by atoms with Gasteiger partial charge in [0.25, 0.3) is 0 Å². The molecule has 26 heavy (non-hydrogen) atoms. The molecule has 2 rings (SSSR count). The van der Waals surface area contributed by atoms with E-state index < -0.39 is 0 Å². The molecule has 0 atom stereocenters. The fourth-order valence-corrected chi connectivity index (χ4v) is 2.77. The summed E-state index contributed by atoms with van der Waals surface area (Å²) in [5.74, 6) is 0.832. The molecule has 1 N–H and O–H groups in total. The Labute approximate surface area is 166 Å². The van der Waals surface area contributed by atoms with Crippen LogP contribution in [0.1, 0.15) is 37.3 Å². The van der Waals surface area contributed by atoms with Gasteiger partial charge in [-0.2, -0.15) is 0 Å². The van der Waals surface area contributed by atoms with Crippen molar-refractivity contribution in [2.24, 2.45) is 0 Å². The van der Waals surface area contributed by atoms with E-state index in [0.717, 1.165) is 24.2 Å². The molecule has 0 aromatic heterocycles. The minimum Gasteiger partial charge on any atom is -0.493 e. The molecule has 0 amide bonds. The second-order valence-corrected chi connectivity index (χ2v) is 6.32. The first-order valence-electron chi connectivity index (χ1n) is 8.58. The number of rotatable bonds is 10. The lowest BCUT2D eigenvalue weighted by atomic mass is 10.2. The lowest BCUT2D eigenvalue weighted by Crippen LogP contribution is -2.14. The largest absolute Gasteiger partial charge is 0.493 e. The van der Waals surface area contributed by atoms with E-state index in [9.17, 15) is 4.39 Å². The number of unbranched alkanes of at least 4 members (excludes halogenated alkanes) is 2. The van der Waals surface area contributed by atoms with Crippen LogP contribution in [-0.2, 0) is 13.2 Å². The van der Waals surface area contributed by atoms with Crippen molar-refractivity contribution >= 4 is 24.0 Å². The van der Waals surface area contributed by atoms with Crippen molar-refractivity contribution in [2.75, 3.05) is 13.7 Å². The smallest absolute Gasteiger partial charge is 0.180 e. The first kappa shape index (κ1) is 22.6. The Balaban J connectivity index is 0.00000338. The number of benzene rings is 2. The molecule has 0 heterocycles. The predicted octanol–water partition coefficient (Wildman–Crippen LogP) is 5.77. The molecular weight excluding hydrogens is 376 g/mol. The predicted molar refractivity (Wildman–Crippen MR) is 107 cm³/mol. The molecule has 0 aliphatic carbocycles. The third-order valence-corrected chi connectivity index (χ3v) is 4.15. The summed E-state index contributed by atoms with van der Waals surface area (Å²) < 4.78 is 24.2.